The highest BCUT2D eigenvalue weighted by Gasteiger charge is 2.13. The van der Waals surface area contributed by atoms with Crippen molar-refractivity contribution in [2.45, 2.75) is 27.0 Å². The van der Waals surface area contributed by atoms with Crippen LogP contribution in [0.25, 0.3) is 0 Å². The number of nitrogen functional groups attached to an aromatic ring is 1. The Morgan fingerprint density at radius 1 is 1.42 bits per heavy atom. The molecule has 0 aliphatic rings. The first-order chi connectivity index (χ1) is 9.01. The van der Waals surface area contributed by atoms with Gasteiger partial charge in [-0.05, 0) is 26.0 Å². The topological polar surface area (TPSA) is 53.1 Å². The average molecular weight is 345 g/mol. The molecule has 1 heterocycles. The SMILES string of the molecule is CCn1nc(C)c(Cl)c1COc1cc(N)cc(Br)c1. The molecule has 0 unspecified atom stereocenters. The Hall–Kier alpha value is -1.20. The van der Waals surface area contributed by atoms with Crippen molar-refractivity contribution in [1.29, 1.82) is 0 Å². The number of halogens is 2. The van der Waals surface area contributed by atoms with Gasteiger partial charge < -0.3 is 10.5 Å². The highest BCUT2D eigenvalue weighted by molar-refractivity contribution is 9.10. The van der Waals surface area contributed by atoms with Gasteiger partial charge in [-0.3, -0.25) is 4.68 Å². The molecular formula is C13H15BrClN3O. The zero-order chi connectivity index (χ0) is 14.0. The number of hydrogen-bond acceptors (Lipinski definition) is 3. The predicted octanol–water partition coefficient (Wildman–Crippen LogP) is 3.79. The molecule has 0 radical (unpaired) electrons. The Bertz CT molecular complexity index is 578. The first-order valence-electron chi connectivity index (χ1n) is 5.92. The lowest BCUT2D eigenvalue weighted by molar-refractivity contribution is 0.292. The van der Waals surface area contributed by atoms with Crippen LogP contribution in [0.2, 0.25) is 5.02 Å². The molecule has 0 atom stereocenters. The first-order valence-corrected chi connectivity index (χ1v) is 7.09. The molecule has 0 saturated carbocycles. The maximum Gasteiger partial charge on any atom is 0.131 e. The number of aromatic nitrogens is 2. The maximum absolute atomic E-state index is 6.22. The van der Waals surface area contributed by atoms with E-state index in [0.717, 1.165) is 22.4 Å². The lowest BCUT2D eigenvalue weighted by Gasteiger charge is -2.09. The summed E-state index contributed by atoms with van der Waals surface area (Å²) in [6, 6.07) is 5.46. The van der Waals surface area contributed by atoms with Crippen LogP contribution in [-0.4, -0.2) is 9.78 Å². The molecule has 4 nitrogen and oxygen atoms in total. The Balaban J connectivity index is 2.18. The Morgan fingerprint density at radius 2 is 2.16 bits per heavy atom. The van der Waals surface area contributed by atoms with E-state index in [1.54, 1.807) is 6.07 Å². The van der Waals surface area contributed by atoms with Gasteiger partial charge in [0.15, 0.2) is 0 Å². The van der Waals surface area contributed by atoms with Gasteiger partial charge in [-0.1, -0.05) is 27.5 Å². The molecule has 1 aromatic heterocycles. The molecule has 0 aliphatic carbocycles. The second-order valence-corrected chi connectivity index (χ2v) is 5.46. The number of anilines is 1. The molecule has 0 spiro atoms. The van der Waals surface area contributed by atoms with Crippen LogP contribution in [0.4, 0.5) is 5.69 Å². The van der Waals surface area contributed by atoms with Crippen LogP contribution in [0.15, 0.2) is 22.7 Å². The summed E-state index contributed by atoms with van der Waals surface area (Å²) in [5.74, 6) is 0.699. The minimum absolute atomic E-state index is 0.364. The fourth-order valence-corrected chi connectivity index (χ4v) is 2.51. The number of aryl methyl sites for hydroxylation is 2. The molecule has 1 aromatic carbocycles. The summed E-state index contributed by atoms with van der Waals surface area (Å²) in [7, 11) is 0. The summed E-state index contributed by atoms with van der Waals surface area (Å²) < 4.78 is 8.46. The Labute approximate surface area is 125 Å². The highest BCUT2D eigenvalue weighted by Crippen LogP contribution is 2.26. The fourth-order valence-electron chi connectivity index (χ4n) is 1.83. The average Bonchev–Trinajstić information content (AvgIpc) is 2.62. The van der Waals surface area contributed by atoms with E-state index in [1.165, 1.54) is 0 Å². The largest absolute Gasteiger partial charge is 0.487 e. The third-order valence-corrected chi connectivity index (χ3v) is 3.67. The second kappa shape index (κ2) is 5.84. The number of rotatable bonds is 4. The standard InChI is InChI=1S/C13H15BrClN3O/c1-3-18-12(13(15)8(2)17-18)7-19-11-5-9(14)4-10(16)6-11/h4-6H,3,7,16H2,1-2H3. The molecule has 0 saturated heterocycles. The Kier molecular flexibility index (Phi) is 4.37. The summed E-state index contributed by atoms with van der Waals surface area (Å²) in [5, 5.41) is 5.00. The molecule has 0 amide bonds. The summed E-state index contributed by atoms with van der Waals surface area (Å²) in [5.41, 5.74) is 8.10. The Morgan fingerprint density at radius 3 is 2.79 bits per heavy atom. The van der Waals surface area contributed by atoms with Crippen molar-refractivity contribution in [1.82, 2.24) is 9.78 Å². The summed E-state index contributed by atoms with van der Waals surface area (Å²) in [6.45, 7) is 5.02. The van der Waals surface area contributed by atoms with Crippen molar-refractivity contribution in [3.05, 3.63) is 39.1 Å². The first kappa shape index (κ1) is 14.2. The van der Waals surface area contributed by atoms with E-state index in [2.05, 4.69) is 21.0 Å². The monoisotopic (exact) mass is 343 g/mol. The van der Waals surface area contributed by atoms with Crippen molar-refractivity contribution in [3.63, 3.8) is 0 Å². The lowest BCUT2D eigenvalue weighted by atomic mass is 10.3. The molecule has 19 heavy (non-hydrogen) atoms. The molecule has 2 N–H and O–H groups in total. The van der Waals surface area contributed by atoms with E-state index >= 15 is 0 Å². The van der Waals surface area contributed by atoms with Gasteiger partial charge in [0.05, 0.1) is 16.4 Å². The van der Waals surface area contributed by atoms with Gasteiger partial charge in [-0.25, -0.2) is 0 Å². The van der Waals surface area contributed by atoms with Gasteiger partial charge in [-0.15, -0.1) is 0 Å². The van der Waals surface area contributed by atoms with Crippen LogP contribution < -0.4 is 10.5 Å². The minimum atomic E-state index is 0.364. The van der Waals surface area contributed by atoms with Gasteiger partial charge in [0.2, 0.25) is 0 Å². The normalized spacial score (nSPS) is 10.7. The molecule has 0 aliphatic heterocycles. The van der Waals surface area contributed by atoms with Crippen molar-refractivity contribution in [2.24, 2.45) is 0 Å². The van der Waals surface area contributed by atoms with E-state index in [9.17, 15) is 0 Å². The smallest absolute Gasteiger partial charge is 0.131 e. The minimum Gasteiger partial charge on any atom is -0.487 e. The van der Waals surface area contributed by atoms with Crippen molar-refractivity contribution >= 4 is 33.2 Å². The fraction of sp³-hybridized carbons (Fsp3) is 0.308. The van der Waals surface area contributed by atoms with Crippen LogP contribution in [-0.2, 0) is 13.2 Å². The van der Waals surface area contributed by atoms with Gasteiger partial charge in [0.1, 0.15) is 12.4 Å². The van der Waals surface area contributed by atoms with Gasteiger partial charge in [0, 0.05) is 22.8 Å². The van der Waals surface area contributed by atoms with Gasteiger partial charge in [0.25, 0.3) is 0 Å². The molecule has 6 heteroatoms. The van der Waals surface area contributed by atoms with Crippen LogP contribution in [0.1, 0.15) is 18.3 Å². The zero-order valence-corrected chi connectivity index (χ0v) is 13.1. The van der Waals surface area contributed by atoms with E-state index in [-0.39, 0.29) is 0 Å². The van der Waals surface area contributed by atoms with Crippen LogP contribution in [0, 0.1) is 6.92 Å². The second-order valence-electron chi connectivity index (χ2n) is 4.17. The molecule has 102 valence electrons. The van der Waals surface area contributed by atoms with Gasteiger partial charge >= 0.3 is 0 Å². The molecule has 0 fully saturated rings. The maximum atomic E-state index is 6.22. The van der Waals surface area contributed by atoms with E-state index < -0.39 is 0 Å². The quantitative estimate of drug-likeness (QED) is 0.859. The van der Waals surface area contributed by atoms with E-state index in [4.69, 9.17) is 22.1 Å². The molecule has 2 aromatic rings. The highest BCUT2D eigenvalue weighted by atomic mass is 79.9. The lowest BCUT2D eigenvalue weighted by Crippen LogP contribution is -2.06. The van der Waals surface area contributed by atoms with Crippen molar-refractivity contribution in [3.8, 4) is 5.75 Å². The molecule has 0 bridgehead atoms. The molecular weight excluding hydrogens is 330 g/mol. The summed E-state index contributed by atoms with van der Waals surface area (Å²) in [6.07, 6.45) is 0. The van der Waals surface area contributed by atoms with Crippen molar-refractivity contribution < 1.29 is 4.74 Å². The number of nitrogens with zero attached hydrogens (tertiary/aromatic N) is 2. The number of ether oxygens (including phenoxy) is 1. The summed E-state index contributed by atoms with van der Waals surface area (Å²) >= 11 is 9.61. The summed E-state index contributed by atoms with van der Waals surface area (Å²) in [4.78, 5) is 0. The van der Waals surface area contributed by atoms with Crippen LogP contribution in [0.3, 0.4) is 0 Å². The third-order valence-electron chi connectivity index (χ3n) is 2.72. The van der Waals surface area contributed by atoms with Crippen LogP contribution in [0.5, 0.6) is 5.75 Å². The van der Waals surface area contributed by atoms with Crippen molar-refractivity contribution in [2.75, 3.05) is 5.73 Å². The predicted molar refractivity (Wildman–Crippen MR) is 80.5 cm³/mol. The number of benzene rings is 1. The van der Waals surface area contributed by atoms with E-state index in [1.807, 2.05) is 30.7 Å². The third kappa shape index (κ3) is 3.22. The number of hydrogen-bond donors (Lipinski definition) is 1. The van der Waals surface area contributed by atoms with E-state index in [0.29, 0.717) is 23.1 Å². The van der Waals surface area contributed by atoms with Crippen LogP contribution >= 0.6 is 27.5 Å². The molecule has 2 rings (SSSR count). The van der Waals surface area contributed by atoms with Gasteiger partial charge in [-0.2, -0.15) is 5.10 Å². The number of nitrogens with two attached hydrogens (primary N) is 1. The zero-order valence-electron chi connectivity index (χ0n) is 10.8.